The van der Waals surface area contributed by atoms with Crippen molar-refractivity contribution in [3.8, 4) is 0 Å². The summed E-state index contributed by atoms with van der Waals surface area (Å²) in [5.41, 5.74) is 2.14. The van der Waals surface area contributed by atoms with Crippen molar-refractivity contribution in [2.45, 2.75) is 45.6 Å². The molecule has 1 amide bonds. The third-order valence-corrected chi connectivity index (χ3v) is 5.22. The fourth-order valence-corrected chi connectivity index (χ4v) is 3.17. The number of hydrogen-bond acceptors (Lipinski definition) is 3. The molecule has 1 aliphatic heterocycles. The topological polar surface area (TPSA) is 66.8 Å². The Labute approximate surface area is 143 Å². The van der Waals surface area contributed by atoms with Gasteiger partial charge in [-0.3, -0.25) is 4.79 Å². The molecule has 0 aromatic heterocycles. The molecule has 0 aliphatic carbocycles. The highest BCUT2D eigenvalue weighted by molar-refractivity contribution is 6.04. The molecule has 5 nitrogen and oxygen atoms in total. The van der Waals surface area contributed by atoms with Gasteiger partial charge in [-0.15, -0.1) is 0 Å². The first-order valence-electron chi connectivity index (χ1n) is 8.42. The number of aryl methyl sites for hydroxylation is 2. The molecule has 1 atom stereocenters. The van der Waals surface area contributed by atoms with Gasteiger partial charge in [0.25, 0.3) is 5.91 Å². The molecule has 1 aliphatic rings. The van der Waals surface area contributed by atoms with Crippen LogP contribution in [0, 0.1) is 19.8 Å². The Morgan fingerprint density at radius 1 is 1.25 bits per heavy atom. The summed E-state index contributed by atoms with van der Waals surface area (Å²) in [6.07, 6.45) is 2.78. The van der Waals surface area contributed by atoms with Crippen molar-refractivity contribution in [2.24, 2.45) is 5.92 Å². The van der Waals surface area contributed by atoms with E-state index in [4.69, 9.17) is 4.74 Å². The van der Waals surface area contributed by atoms with E-state index in [1.807, 2.05) is 0 Å². The predicted octanol–water partition coefficient (Wildman–Crippen LogP) is 2.57. The second-order valence-electron chi connectivity index (χ2n) is 6.90. The van der Waals surface area contributed by atoms with E-state index in [0.29, 0.717) is 19.0 Å². The molecule has 1 saturated heterocycles. The molecule has 1 N–H and O–H groups in total. The van der Waals surface area contributed by atoms with Crippen LogP contribution in [0.25, 0.3) is 0 Å². The van der Waals surface area contributed by atoms with Crippen molar-refractivity contribution in [3.05, 3.63) is 34.9 Å². The van der Waals surface area contributed by atoms with Crippen LogP contribution in [-0.4, -0.2) is 47.7 Å². The maximum atomic E-state index is 12.5. The van der Waals surface area contributed by atoms with Gasteiger partial charge in [-0.25, -0.2) is 4.79 Å². The average Bonchev–Trinajstić information content (AvgIpc) is 2.57. The number of carbonyl (C=O) groups is 2. The number of amides is 1. The van der Waals surface area contributed by atoms with Crippen molar-refractivity contribution in [2.75, 3.05) is 20.2 Å². The normalized spacial score (nSPS) is 18.2. The summed E-state index contributed by atoms with van der Waals surface area (Å²) in [5.74, 6) is -1.18. The second kappa shape index (κ2) is 7.34. The van der Waals surface area contributed by atoms with Crippen LogP contribution in [0.3, 0.4) is 0 Å². The molecule has 1 unspecified atom stereocenters. The fourth-order valence-electron chi connectivity index (χ4n) is 3.17. The van der Waals surface area contributed by atoms with E-state index in [9.17, 15) is 14.7 Å². The summed E-state index contributed by atoms with van der Waals surface area (Å²) < 4.78 is 4.97. The lowest BCUT2D eigenvalue weighted by Gasteiger charge is -2.36. The number of ether oxygens (including phenoxy) is 1. The van der Waals surface area contributed by atoms with E-state index < -0.39 is 17.5 Å². The largest absolute Gasteiger partial charge is 0.479 e. The molecule has 132 valence electrons. The third kappa shape index (κ3) is 3.78. The van der Waals surface area contributed by atoms with Crippen LogP contribution in [0.15, 0.2) is 18.2 Å². The van der Waals surface area contributed by atoms with Gasteiger partial charge in [0.2, 0.25) is 5.60 Å². The fraction of sp³-hybridized carbons (Fsp3) is 0.579. The molecule has 24 heavy (non-hydrogen) atoms. The van der Waals surface area contributed by atoms with Gasteiger partial charge in [0.15, 0.2) is 0 Å². The smallest absolute Gasteiger partial charge is 0.345 e. The van der Waals surface area contributed by atoms with Gasteiger partial charge in [-0.2, -0.15) is 0 Å². The van der Waals surface area contributed by atoms with E-state index in [2.05, 4.69) is 32.0 Å². The molecular formula is C19H27NO4. The highest BCUT2D eigenvalue weighted by Crippen LogP contribution is 2.25. The lowest BCUT2D eigenvalue weighted by Crippen LogP contribution is -2.55. The van der Waals surface area contributed by atoms with Gasteiger partial charge in [0, 0.05) is 20.2 Å². The van der Waals surface area contributed by atoms with Crippen molar-refractivity contribution in [3.63, 3.8) is 0 Å². The SMILES string of the molecule is COC(C)(C(=O)O)C(=O)N1CCC(Cc2ccc(C)c(C)c2)CC1. The number of aliphatic carboxylic acids is 1. The Morgan fingerprint density at radius 3 is 2.38 bits per heavy atom. The number of carbonyl (C=O) groups excluding carboxylic acids is 1. The molecule has 0 radical (unpaired) electrons. The molecule has 1 fully saturated rings. The first kappa shape index (κ1) is 18.5. The zero-order chi connectivity index (χ0) is 17.9. The summed E-state index contributed by atoms with van der Waals surface area (Å²) in [6.45, 7) is 6.72. The Morgan fingerprint density at radius 2 is 1.88 bits per heavy atom. The van der Waals surface area contributed by atoms with Crippen LogP contribution in [0.1, 0.15) is 36.5 Å². The van der Waals surface area contributed by atoms with E-state index in [1.54, 1.807) is 4.90 Å². The number of benzene rings is 1. The number of likely N-dealkylation sites (tertiary alicyclic amines) is 1. The predicted molar refractivity (Wildman–Crippen MR) is 92.0 cm³/mol. The van der Waals surface area contributed by atoms with Crippen LogP contribution in [0.5, 0.6) is 0 Å². The van der Waals surface area contributed by atoms with Crippen LogP contribution < -0.4 is 0 Å². The highest BCUT2D eigenvalue weighted by Gasteiger charge is 2.45. The van der Waals surface area contributed by atoms with E-state index in [-0.39, 0.29) is 0 Å². The van der Waals surface area contributed by atoms with E-state index in [1.165, 1.54) is 30.7 Å². The first-order valence-corrected chi connectivity index (χ1v) is 8.42. The minimum Gasteiger partial charge on any atom is -0.479 e. The average molecular weight is 333 g/mol. The van der Waals surface area contributed by atoms with Crippen LogP contribution in [0.4, 0.5) is 0 Å². The maximum absolute atomic E-state index is 12.5. The summed E-state index contributed by atoms with van der Waals surface area (Å²) in [5, 5.41) is 9.26. The van der Waals surface area contributed by atoms with Crippen molar-refractivity contribution >= 4 is 11.9 Å². The Bertz CT molecular complexity index is 620. The second-order valence-corrected chi connectivity index (χ2v) is 6.90. The van der Waals surface area contributed by atoms with Gasteiger partial charge in [-0.1, -0.05) is 18.2 Å². The molecule has 1 aromatic carbocycles. The van der Waals surface area contributed by atoms with Gasteiger partial charge >= 0.3 is 5.97 Å². The molecular weight excluding hydrogens is 306 g/mol. The van der Waals surface area contributed by atoms with Gasteiger partial charge in [0.1, 0.15) is 0 Å². The van der Waals surface area contributed by atoms with Crippen LogP contribution in [-0.2, 0) is 20.7 Å². The number of methoxy groups -OCH3 is 1. The molecule has 5 heteroatoms. The molecule has 0 spiro atoms. The monoisotopic (exact) mass is 333 g/mol. The van der Waals surface area contributed by atoms with Crippen LogP contribution >= 0.6 is 0 Å². The standard InChI is InChI=1S/C19H27NO4/c1-13-5-6-16(11-14(13)2)12-15-7-9-20(10-8-15)17(21)19(3,24-4)18(22)23/h5-6,11,15H,7-10,12H2,1-4H3,(H,22,23). The number of carboxylic acids is 1. The molecule has 1 aromatic rings. The van der Waals surface area contributed by atoms with Crippen molar-refractivity contribution < 1.29 is 19.4 Å². The number of piperidine rings is 1. The molecule has 1 heterocycles. The van der Waals surface area contributed by atoms with Crippen molar-refractivity contribution in [1.82, 2.24) is 4.90 Å². The number of nitrogens with zero attached hydrogens (tertiary/aromatic N) is 1. The minimum absolute atomic E-state index is 0.456. The van der Waals surface area contributed by atoms with Crippen molar-refractivity contribution in [1.29, 1.82) is 0 Å². The Hall–Kier alpha value is -1.88. The summed E-state index contributed by atoms with van der Waals surface area (Å²) in [7, 11) is 1.26. The molecule has 0 saturated carbocycles. The van der Waals surface area contributed by atoms with E-state index in [0.717, 1.165) is 19.3 Å². The first-order chi connectivity index (χ1) is 11.3. The van der Waals surface area contributed by atoms with Crippen LogP contribution in [0.2, 0.25) is 0 Å². The number of rotatable bonds is 5. The lowest BCUT2D eigenvalue weighted by molar-refractivity contribution is -0.174. The molecule has 0 bridgehead atoms. The summed E-state index contributed by atoms with van der Waals surface area (Å²) >= 11 is 0. The number of hydrogen-bond donors (Lipinski definition) is 1. The van der Waals surface area contributed by atoms with Gasteiger partial charge in [-0.05, 0) is 62.6 Å². The molecule has 2 rings (SSSR count). The zero-order valence-electron chi connectivity index (χ0n) is 15.0. The maximum Gasteiger partial charge on any atom is 0.345 e. The minimum atomic E-state index is -1.79. The quantitative estimate of drug-likeness (QED) is 0.841. The van der Waals surface area contributed by atoms with Gasteiger partial charge in [0.05, 0.1) is 0 Å². The van der Waals surface area contributed by atoms with E-state index >= 15 is 0 Å². The lowest BCUT2D eigenvalue weighted by atomic mass is 9.88. The Balaban J connectivity index is 1.94. The Kier molecular flexibility index (Phi) is 5.65. The third-order valence-electron chi connectivity index (χ3n) is 5.22. The van der Waals surface area contributed by atoms with Gasteiger partial charge < -0.3 is 14.7 Å². The number of carboxylic acid groups (broad SMARTS) is 1. The summed E-state index contributed by atoms with van der Waals surface area (Å²) in [4.78, 5) is 25.4. The zero-order valence-corrected chi connectivity index (χ0v) is 15.0. The summed E-state index contributed by atoms with van der Waals surface area (Å²) in [6, 6.07) is 6.56. The highest BCUT2D eigenvalue weighted by atomic mass is 16.5.